The number of anilines is 1. The molecule has 1 aliphatic heterocycles. The Labute approximate surface area is 252 Å². The van der Waals surface area contributed by atoms with Gasteiger partial charge >= 0.3 is 5.69 Å². The molecule has 44 heavy (non-hydrogen) atoms. The van der Waals surface area contributed by atoms with Crippen LogP contribution in [-0.4, -0.2) is 66.3 Å². The Kier molecular flexibility index (Phi) is 6.63. The predicted octanol–water partition coefficient (Wildman–Crippen LogP) is 4.10. The number of hydrogen-bond donors (Lipinski definition) is 1. The molecule has 2 aromatic carbocycles. The van der Waals surface area contributed by atoms with Crippen molar-refractivity contribution in [3.8, 4) is 22.8 Å². The van der Waals surface area contributed by atoms with Crippen molar-refractivity contribution in [3.05, 3.63) is 71.2 Å². The highest BCUT2D eigenvalue weighted by Gasteiger charge is 2.50. The summed E-state index contributed by atoms with van der Waals surface area (Å²) in [6, 6.07) is 10.7. The molecule has 0 bridgehead atoms. The van der Waals surface area contributed by atoms with E-state index in [0.29, 0.717) is 35.0 Å². The van der Waals surface area contributed by atoms with Gasteiger partial charge in [-0.3, -0.25) is 18.8 Å². The van der Waals surface area contributed by atoms with Crippen molar-refractivity contribution in [2.45, 2.75) is 29.7 Å². The van der Waals surface area contributed by atoms with Gasteiger partial charge in [-0.15, -0.1) is 0 Å². The Morgan fingerprint density at radius 3 is 2.64 bits per heavy atom. The van der Waals surface area contributed by atoms with E-state index in [0.717, 1.165) is 19.4 Å². The molecule has 0 saturated heterocycles. The van der Waals surface area contributed by atoms with Crippen LogP contribution in [0, 0.1) is 5.82 Å². The standard InChI is InChI=1S/C31H31FN6O5S/c1-36(2)12-7-13-42-29-23(35-44(40,41)20-8-5-4-6-9-20)14-19(16-34-29)25-21(32)15-22-26-27-24(17-33-22)37(3)30(39)38(27)31(10-11-31)18-43-28(25)26/h4-6,8-9,14-17,35H,7,10-13,18H2,1-3H3. The number of sulfonamides is 1. The number of imidazole rings is 1. The number of ether oxygens (including phenoxy) is 2. The van der Waals surface area contributed by atoms with Gasteiger partial charge in [-0.1, -0.05) is 18.2 Å². The van der Waals surface area contributed by atoms with Gasteiger partial charge in [0, 0.05) is 31.4 Å². The number of halogens is 1. The van der Waals surface area contributed by atoms with E-state index in [-0.39, 0.29) is 45.6 Å². The zero-order valence-corrected chi connectivity index (χ0v) is 25.3. The van der Waals surface area contributed by atoms with Gasteiger partial charge in [0.25, 0.3) is 10.0 Å². The number of aromatic nitrogens is 4. The van der Waals surface area contributed by atoms with Crippen LogP contribution in [-0.2, 0) is 22.6 Å². The van der Waals surface area contributed by atoms with Gasteiger partial charge in [0.2, 0.25) is 5.88 Å². The van der Waals surface area contributed by atoms with Gasteiger partial charge in [-0.25, -0.2) is 22.6 Å². The molecule has 4 heterocycles. The largest absolute Gasteiger partial charge is 0.490 e. The van der Waals surface area contributed by atoms with Gasteiger partial charge in [-0.2, -0.15) is 0 Å². The summed E-state index contributed by atoms with van der Waals surface area (Å²) in [5.41, 5.74) is 1.35. The van der Waals surface area contributed by atoms with Crippen molar-refractivity contribution in [3.63, 3.8) is 0 Å². The molecule has 1 saturated carbocycles. The number of benzene rings is 2. The Morgan fingerprint density at radius 1 is 1.14 bits per heavy atom. The number of hydrogen-bond acceptors (Lipinski definition) is 8. The molecule has 1 aliphatic carbocycles. The van der Waals surface area contributed by atoms with Gasteiger partial charge in [-0.05, 0) is 51.6 Å². The molecular formula is C31H31FN6O5S. The second-order valence-electron chi connectivity index (χ2n) is 11.6. The van der Waals surface area contributed by atoms with Crippen LogP contribution in [0.15, 0.2) is 64.5 Å². The van der Waals surface area contributed by atoms with Gasteiger partial charge in [0.15, 0.2) is 0 Å². The zero-order chi connectivity index (χ0) is 30.8. The van der Waals surface area contributed by atoms with Crippen molar-refractivity contribution in [2.24, 2.45) is 7.05 Å². The monoisotopic (exact) mass is 618 g/mol. The predicted molar refractivity (Wildman–Crippen MR) is 164 cm³/mol. The van der Waals surface area contributed by atoms with Crippen LogP contribution in [0.5, 0.6) is 11.6 Å². The van der Waals surface area contributed by atoms with Crippen LogP contribution in [0.1, 0.15) is 19.3 Å². The van der Waals surface area contributed by atoms with Crippen LogP contribution in [0.25, 0.3) is 33.1 Å². The first-order valence-electron chi connectivity index (χ1n) is 14.3. The molecule has 5 aromatic rings. The molecular weight excluding hydrogens is 587 g/mol. The van der Waals surface area contributed by atoms with E-state index >= 15 is 4.39 Å². The molecule has 7 rings (SSSR count). The average Bonchev–Trinajstić information content (AvgIpc) is 3.75. The summed E-state index contributed by atoms with van der Waals surface area (Å²) in [6.07, 6.45) is 5.22. The summed E-state index contributed by atoms with van der Waals surface area (Å²) >= 11 is 0. The molecule has 0 amide bonds. The first-order valence-corrected chi connectivity index (χ1v) is 15.8. The van der Waals surface area contributed by atoms with E-state index < -0.39 is 21.4 Å². The van der Waals surface area contributed by atoms with Crippen molar-refractivity contribution < 1.29 is 22.3 Å². The van der Waals surface area contributed by atoms with E-state index in [1.807, 2.05) is 19.0 Å². The minimum Gasteiger partial charge on any atom is -0.490 e. The quantitative estimate of drug-likeness (QED) is 0.245. The Balaban J connectivity index is 1.39. The number of pyridine rings is 2. The average molecular weight is 619 g/mol. The maximum Gasteiger partial charge on any atom is 0.329 e. The van der Waals surface area contributed by atoms with Crippen molar-refractivity contribution in [1.29, 1.82) is 0 Å². The van der Waals surface area contributed by atoms with Crippen LogP contribution < -0.4 is 19.9 Å². The fourth-order valence-electron chi connectivity index (χ4n) is 5.85. The first kappa shape index (κ1) is 28.3. The molecule has 1 fully saturated rings. The summed E-state index contributed by atoms with van der Waals surface area (Å²) in [7, 11) is 1.57. The number of aryl methyl sites for hydroxylation is 1. The fraction of sp³-hybridized carbons (Fsp3) is 0.323. The Morgan fingerprint density at radius 2 is 1.91 bits per heavy atom. The second kappa shape index (κ2) is 10.3. The number of nitrogens with zero attached hydrogens (tertiary/aromatic N) is 5. The lowest BCUT2D eigenvalue weighted by molar-refractivity contribution is 0.241. The van der Waals surface area contributed by atoms with Crippen LogP contribution >= 0.6 is 0 Å². The summed E-state index contributed by atoms with van der Waals surface area (Å²) in [5.74, 6) is -0.313. The van der Waals surface area contributed by atoms with Gasteiger partial charge < -0.3 is 14.4 Å². The molecule has 1 spiro atoms. The third kappa shape index (κ3) is 4.58. The SMILES string of the molecule is CN(C)CCCOc1ncc(-c2c(F)cc3ncc4c5c3c2OCC2(CC2)n5c(=O)n4C)cc1NS(=O)(=O)c1ccccc1. The highest BCUT2D eigenvalue weighted by atomic mass is 32.2. The fourth-order valence-corrected chi connectivity index (χ4v) is 6.92. The molecule has 0 unspecified atom stereocenters. The lowest BCUT2D eigenvalue weighted by Gasteiger charge is -2.18. The molecule has 3 aromatic heterocycles. The first-order chi connectivity index (χ1) is 21.1. The molecule has 2 aliphatic rings. The molecule has 228 valence electrons. The van der Waals surface area contributed by atoms with Crippen LogP contribution in [0.3, 0.4) is 0 Å². The topological polar surface area (TPSA) is 121 Å². The van der Waals surface area contributed by atoms with Gasteiger partial charge in [0.05, 0.1) is 50.7 Å². The molecule has 0 atom stereocenters. The van der Waals surface area contributed by atoms with E-state index in [1.54, 1.807) is 40.6 Å². The van der Waals surface area contributed by atoms with E-state index in [9.17, 15) is 13.2 Å². The second-order valence-corrected chi connectivity index (χ2v) is 13.3. The summed E-state index contributed by atoms with van der Waals surface area (Å²) < 4.78 is 61.0. The summed E-state index contributed by atoms with van der Waals surface area (Å²) in [4.78, 5) is 24.4. The zero-order valence-electron chi connectivity index (χ0n) is 24.5. The van der Waals surface area contributed by atoms with Gasteiger partial charge in [0.1, 0.15) is 23.9 Å². The highest BCUT2D eigenvalue weighted by molar-refractivity contribution is 7.92. The van der Waals surface area contributed by atoms with Crippen LogP contribution in [0.4, 0.5) is 10.1 Å². The normalized spacial score (nSPS) is 15.2. The smallest absolute Gasteiger partial charge is 0.329 e. The van der Waals surface area contributed by atoms with Crippen molar-refractivity contribution in [2.75, 3.05) is 38.6 Å². The minimum atomic E-state index is -4.03. The Hall–Kier alpha value is -4.49. The van der Waals surface area contributed by atoms with Crippen molar-refractivity contribution in [1.82, 2.24) is 24.0 Å². The lowest BCUT2D eigenvalue weighted by Crippen LogP contribution is -2.34. The van der Waals surface area contributed by atoms with E-state index in [2.05, 4.69) is 14.7 Å². The maximum absolute atomic E-state index is 16.1. The summed E-state index contributed by atoms with van der Waals surface area (Å²) in [5, 5.41) is 0.524. The maximum atomic E-state index is 16.1. The van der Waals surface area contributed by atoms with Crippen LogP contribution in [0.2, 0.25) is 0 Å². The molecule has 1 N–H and O–H groups in total. The molecule has 11 nitrogen and oxygen atoms in total. The Bertz CT molecular complexity index is 2110. The number of rotatable bonds is 9. The number of nitrogens with one attached hydrogen (secondary N) is 1. The summed E-state index contributed by atoms with van der Waals surface area (Å²) in [6.45, 7) is 1.24. The van der Waals surface area contributed by atoms with Crippen molar-refractivity contribution >= 4 is 37.6 Å². The third-order valence-electron chi connectivity index (χ3n) is 8.29. The van der Waals surface area contributed by atoms with E-state index in [4.69, 9.17) is 9.47 Å². The van der Waals surface area contributed by atoms with E-state index in [1.165, 1.54) is 30.5 Å². The lowest BCUT2D eigenvalue weighted by atomic mass is 10.0. The third-order valence-corrected chi connectivity index (χ3v) is 9.68. The minimum absolute atomic E-state index is 0.0565. The molecule has 0 radical (unpaired) electrons. The number of fused-ring (bicyclic) bond motifs is 1. The molecule has 13 heteroatoms. The highest BCUT2D eigenvalue weighted by Crippen LogP contribution is 2.51.